The van der Waals surface area contributed by atoms with Crippen LogP contribution in [0.25, 0.3) is 0 Å². The molecular formula is C13H18ClFN2O2. The van der Waals surface area contributed by atoms with Gasteiger partial charge in [-0.1, -0.05) is 11.6 Å². The number of nitrogens with two attached hydrogens (primary N) is 1. The van der Waals surface area contributed by atoms with Crippen LogP contribution in [-0.4, -0.2) is 18.2 Å². The summed E-state index contributed by atoms with van der Waals surface area (Å²) in [6.07, 6.45) is -0.564. The van der Waals surface area contributed by atoms with E-state index in [4.69, 9.17) is 22.1 Å². The number of ether oxygens (including phenoxy) is 1. The summed E-state index contributed by atoms with van der Waals surface area (Å²) in [5.74, 6) is -0.463. The second-order valence-corrected chi connectivity index (χ2v) is 5.63. The van der Waals surface area contributed by atoms with Crippen LogP contribution in [0.15, 0.2) is 18.2 Å². The summed E-state index contributed by atoms with van der Waals surface area (Å²) in [6, 6.07) is 3.49. The van der Waals surface area contributed by atoms with E-state index in [2.05, 4.69) is 5.32 Å². The predicted molar refractivity (Wildman–Crippen MR) is 72.6 cm³/mol. The van der Waals surface area contributed by atoms with Crippen LogP contribution in [0, 0.1) is 5.82 Å². The first-order valence-electron chi connectivity index (χ1n) is 5.86. The second-order valence-electron chi connectivity index (χ2n) is 5.19. The van der Waals surface area contributed by atoms with E-state index in [0.29, 0.717) is 5.56 Å². The minimum atomic E-state index is -0.573. The van der Waals surface area contributed by atoms with Crippen LogP contribution in [-0.2, 0) is 4.74 Å². The molecule has 0 aliphatic heterocycles. The van der Waals surface area contributed by atoms with Crippen LogP contribution in [0.5, 0.6) is 0 Å². The van der Waals surface area contributed by atoms with Crippen molar-refractivity contribution in [3.63, 3.8) is 0 Å². The molecule has 0 fully saturated rings. The van der Waals surface area contributed by atoms with E-state index < -0.39 is 23.6 Å². The summed E-state index contributed by atoms with van der Waals surface area (Å²) in [5.41, 5.74) is 5.79. The number of benzene rings is 1. The molecule has 3 N–H and O–H groups in total. The van der Waals surface area contributed by atoms with E-state index in [9.17, 15) is 9.18 Å². The highest BCUT2D eigenvalue weighted by molar-refractivity contribution is 6.30. The Bertz CT molecular complexity index is 440. The molecule has 0 aromatic heterocycles. The van der Waals surface area contributed by atoms with Crippen molar-refractivity contribution in [2.24, 2.45) is 5.73 Å². The fourth-order valence-corrected chi connectivity index (χ4v) is 1.64. The van der Waals surface area contributed by atoms with Crippen molar-refractivity contribution < 1.29 is 13.9 Å². The van der Waals surface area contributed by atoms with E-state index in [1.165, 1.54) is 12.1 Å². The normalized spacial score (nSPS) is 12.9. The first-order valence-corrected chi connectivity index (χ1v) is 6.23. The average Bonchev–Trinajstić information content (AvgIpc) is 2.22. The lowest BCUT2D eigenvalue weighted by Crippen LogP contribution is -2.36. The molecule has 1 aromatic rings. The zero-order valence-corrected chi connectivity index (χ0v) is 11.9. The first kappa shape index (κ1) is 15.7. The maximum Gasteiger partial charge on any atom is 0.407 e. The molecule has 0 saturated heterocycles. The van der Waals surface area contributed by atoms with Gasteiger partial charge in [0.2, 0.25) is 0 Å². The summed E-state index contributed by atoms with van der Waals surface area (Å²) in [6.45, 7) is 5.42. The molecule has 0 aliphatic carbocycles. The Morgan fingerprint density at radius 1 is 1.47 bits per heavy atom. The Kier molecular flexibility index (Phi) is 5.14. The van der Waals surface area contributed by atoms with Gasteiger partial charge in [-0.05, 0) is 44.5 Å². The summed E-state index contributed by atoms with van der Waals surface area (Å²) in [7, 11) is 0. The summed E-state index contributed by atoms with van der Waals surface area (Å²) < 4.78 is 18.2. The van der Waals surface area contributed by atoms with Crippen LogP contribution in [0.2, 0.25) is 5.02 Å². The van der Waals surface area contributed by atoms with E-state index >= 15 is 0 Å². The van der Waals surface area contributed by atoms with Crippen molar-refractivity contribution in [2.75, 3.05) is 6.54 Å². The van der Waals surface area contributed by atoms with Crippen LogP contribution in [0.4, 0.5) is 9.18 Å². The maximum absolute atomic E-state index is 13.2. The second kappa shape index (κ2) is 6.21. The highest BCUT2D eigenvalue weighted by atomic mass is 35.5. The van der Waals surface area contributed by atoms with Gasteiger partial charge < -0.3 is 15.8 Å². The number of carbonyl (C=O) groups is 1. The summed E-state index contributed by atoms with van der Waals surface area (Å²) >= 11 is 5.74. The number of nitrogens with one attached hydrogen (secondary N) is 1. The first-order chi connectivity index (χ1) is 8.67. The molecule has 19 heavy (non-hydrogen) atoms. The molecule has 1 atom stereocenters. The minimum absolute atomic E-state index is 0.134. The predicted octanol–water partition coefficient (Wildman–Crippen LogP) is 3.00. The summed E-state index contributed by atoms with van der Waals surface area (Å²) in [5, 5.41) is 2.79. The van der Waals surface area contributed by atoms with Gasteiger partial charge in [-0.2, -0.15) is 0 Å². The molecular weight excluding hydrogens is 271 g/mol. The van der Waals surface area contributed by atoms with Gasteiger partial charge in [-0.3, -0.25) is 0 Å². The monoisotopic (exact) mass is 288 g/mol. The molecule has 0 saturated carbocycles. The Morgan fingerprint density at radius 3 is 2.63 bits per heavy atom. The number of hydrogen-bond acceptors (Lipinski definition) is 3. The van der Waals surface area contributed by atoms with Crippen molar-refractivity contribution in [3.05, 3.63) is 34.6 Å². The Hall–Kier alpha value is -1.33. The SMILES string of the molecule is CC(C)(C)OC(=O)NC[C@H](N)c1cc(F)cc(Cl)c1. The van der Waals surface area contributed by atoms with Gasteiger partial charge in [0.05, 0.1) is 0 Å². The van der Waals surface area contributed by atoms with Gasteiger partial charge in [-0.15, -0.1) is 0 Å². The van der Waals surface area contributed by atoms with Gasteiger partial charge in [0.25, 0.3) is 0 Å². The van der Waals surface area contributed by atoms with Crippen LogP contribution in [0.1, 0.15) is 32.4 Å². The Balaban J connectivity index is 2.56. The van der Waals surface area contributed by atoms with Gasteiger partial charge in [-0.25, -0.2) is 9.18 Å². The van der Waals surface area contributed by atoms with E-state index in [0.717, 1.165) is 0 Å². The molecule has 0 radical (unpaired) electrons. The number of rotatable bonds is 3. The molecule has 106 valence electrons. The van der Waals surface area contributed by atoms with Crippen molar-refractivity contribution in [2.45, 2.75) is 32.4 Å². The zero-order chi connectivity index (χ0) is 14.6. The number of alkyl carbamates (subject to hydrolysis) is 1. The summed E-state index contributed by atoms with van der Waals surface area (Å²) in [4.78, 5) is 11.4. The van der Waals surface area contributed by atoms with Gasteiger partial charge >= 0.3 is 6.09 Å². The number of carbonyl (C=O) groups excluding carboxylic acids is 1. The largest absolute Gasteiger partial charge is 0.444 e. The molecule has 0 unspecified atom stereocenters. The van der Waals surface area contributed by atoms with Gasteiger partial charge in [0.15, 0.2) is 0 Å². The van der Waals surface area contributed by atoms with Gasteiger partial charge in [0.1, 0.15) is 11.4 Å². The lowest BCUT2D eigenvalue weighted by atomic mass is 10.1. The zero-order valence-electron chi connectivity index (χ0n) is 11.2. The third-order valence-corrected chi connectivity index (χ3v) is 2.40. The van der Waals surface area contributed by atoms with Crippen LogP contribution in [0.3, 0.4) is 0 Å². The van der Waals surface area contributed by atoms with E-state index in [-0.39, 0.29) is 11.6 Å². The average molecular weight is 289 g/mol. The van der Waals surface area contributed by atoms with Gasteiger partial charge in [0, 0.05) is 17.6 Å². The third-order valence-electron chi connectivity index (χ3n) is 2.18. The molecule has 0 heterocycles. The lowest BCUT2D eigenvalue weighted by Gasteiger charge is -2.21. The molecule has 1 amide bonds. The number of amides is 1. The van der Waals surface area contributed by atoms with Crippen molar-refractivity contribution in [1.82, 2.24) is 5.32 Å². The van der Waals surface area contributed by atoms with E-state index in [1.54, 1.807) is 26.8 Å². The highest BCUT2D eigenvalue weighted by Crippen LogP contribution is 2.18. The number of hydrogen-bond donors (Lipinski definition) is 2. The highest BCUT2D eigenvalue weighted by Gasteiger charge is 2.17. The smallest absolute Gasteiger partial charge is 0.407 e. The maximum atomic E-state index is 13.2. The van der Waals surface area contributed by atoms with Crippen molar-refractivity contribution in [1.29, 1.82) is 0 Å². The third kappa shape index (κ3) is 5.89. The molecule has 6 heteroatoms. The lowest BCUT2D eigenvalue weighted by molar-refractivity contribution is 0.0524. The van der Waals surface area contributed by atoms with Crippen molar-refractivity contribution in [3.8, 4) is 0 Å². The fourth-order valence-electron chi connectivity index (χ4n) is 1.41. The molecule has 0 aliphatic rings. The quantitative estimate of drug-likeness (QED) is 0.898. The molecule has 4 nitrogen and oxygen atoms in total. The molecule has 1 aromatic carbocycles. The molecule has 0 bridgehead atoms. The molecule has 0 spiro atoms. The standard InChI is InChI=1S/C13H18ClFN2O2/c1-13(2,3)19-12(18)17-7-11(16)8-4-9(14)6-10(15)5-8/h4-6,11H,7,16H2,1-3H3,(H,17,18)/t11-/m0/s1. The Morgan fingerprint density at radius 2 is 2.11 bits per heavy atom. The van der Waals surface area contributed by atoms with E-state index in [1.807, 2.05) is 0 Å². The fraction of sp³-hybridized carbons (Fsp3) is 0.462. The van der Waals surface area contributed by atoms with Crippen molar-refractivity contribution >= 4 is 17.7 Å². The Labute approximate surface area is 117 Å². The topological polar surface area (TPSA) is 64.3 Å². The minimum Gasteiger partial charge on any atom is -0.444 e. The number of halogens is 2. The van der Waals surface area contributed by atoms with Crippen LogP contribution >= 0.6 is 11.6 Å². The molecule has 1 rings (SSSR count). The van der Waals surface area contributed by atoms with Crippen LogP contribution < -0.4 is 11.1 Å².